The van der Waals surface area contributed by atoms with Crippen molar-refractivity contribution in [1.29, 1.82) is 0 Å². The molecule has 0 saturated carbocycles. The minimum Gasteiger partial charge on any atom is -0.496 e. The number of halogens is 1. The molecule has 0 aliphatic carbocycles. The summed E-state index contributed by atoms with van der Waals surface area (Å²) >= 11 is 6.04. The number of hydrogen-bond donors (Lipinski definition) is 1. The molecule has 1 N–H and O–H groups in total. The summed E-state index contributed by atoms with van der Waals surface area (Å²) in [6.07, 6.45) is 5.03. The highest BCUT2D eigenvalue weighted by atomic mass is 35.5. The van der Waals surface area contributed by atoms with Crippen LogP contribution in [0.2, 0.25) is 5.02 Å². The van der Waals surface area contributed by atoms with Crippen molar-refractivity contribution in [3.05, 3.63) is 95.9 Å². The molecule has 5 nitrogen and oxygen atoms in total. The molecule has 2 heterocycles. The van der Waals surface area contributed by atoms with Crippen molar-refractivity contribution in [2.24, 2.45) is 0 Å². The zero-order valence-electron chi connectivity index (χ0n) is 18.6. The van der Waals surface area contributed by atoms with Crippen molar-refractivity contribution in [3.63, 3.8) is 0 Å². The molecule has 2 aromatic heterocycles. The largest absolute Gasteiger partial charge is 0.496 e. The number of hydrogen-bond acceptors (Lipinski definition) is 4. The molecule has 5 aromatic rings. The highest BCUT2D eigenvalue weighted by molar-refractivity contribution is 6.30. The lowest BCUT2D eigenvalue weighted by molar-refractivity contribution is -0.111. The van der Waals surface area contributed by atoms with Crippen LogP contribution in [0.25, 0.3) is 38.6 Å². The van der Waals surface area contributed by atoms with Gasteiger partial charge in [0.05, 0.1) is 18.9 Å². The van der Waals surface area contributed by atoms with E-state index in [2.05, 4.69) is 10.3 Å². The minimum atomic E-state index is -0.229. The molecule has 0 atom stereocenters. The zero-order chi connectivity index (χ0) is 23.7. The van der Waals surface area contributed by atoms with Crippen LogP contribution in [0, 0.1) is 0 Å². The lowest BCUT2D eigenvalue weighted by atomic mass is 9.99. The van der Waals surface area contributed by atoms with Gasteiger partial charge in [-0.15, -0.1) is 0 Å². The first-order valence-electron chi connectivity index (χ1n) is 10.7. The van der Waals surface area contributed by atoms with Crippen LogP contribution in [0.15, 0.2) is 89.7 Å². The molecule has 0 spiro atoms. The molecular weight excluding hydrogens is 448 g/mol. The topological polar surface area (TPSA) is 64.4 Å². The summed E-state index contributed by atoms with van der Waals surface area (Å²) in [5, 5.41) is 5.49. The van der Waals surface area contributed by atoms with Crippen molar-refractivity contribution < 1.29 is 13.9 Å². The third-order valence-electron chi connectivity index (χ3n) is 5.69. The monoisotopic (exact) mass is 468 g/mol. The number of ether oxygens (including phenoxy) is 1. The smallest absolute Gasteiger partial charge is 0.248 e. The van der Waals surface area contributed by atoms with Gasteiger partial charge in [0, 0.05) is 50.9 Å². The predicted molar refractivity (Wildman–Crippen MR) is 137 cm³/mol. The number of furan rings is 1. The molecule has 168 valence electrons. The molecule has 1 amide bonds. The first-order chi connectivity index (χ1) is 16.5. The number of carbonyl (C=O) groups excluding carboxylic acids is 1. The van der Waals surface area contributed by atoms with Gasteiger partial charge >= 0.3 is 0 Å². The zero-order valence-corrected chi connectivity index (χ0v) is 19.4. The van der Waals surface area contributed by atoms with E-state index in [0.29, 0.717) is 22.0 Å². The summed E-state index contributed by atoms with van der Waals surface area (Å²) < 4.78 is 11.4. The average molecular weight is 469 g/mol. The SMILES string of the molecule is COc1cc2occ(-c3ccc(Cl)cc3)c2cc1/C(C)=C/C(=O)Nc1ccc2ncccc2c1. The minimum absolute atomic E-state index is 0.229. The Morgan fingerprint density at radius 1 is 1.09 bits per heavy atom. The molecule has 6 heteroatoms. The van der Waals surface area contributed by atoms with Crippen LogP contribution in [0.5, 0.6) is 5.75 Å². The summed E-state index contributed by atoms with van der Waals surface area (Å²) in [4.78, 5) is 17.1. The highest BCUT2D eigenvalue weighted by Crippen LogP contribution is 2.37. The van der Waals surface area contributed by atoms with Gasteiger partial charge in [-0.2, -0.15) is 0 Å². The second-order valence-corrected chi connectivity index (χ2v) is 8.37. The van der Waals surface area contributed by atoms with Gasteiger partial charge < -0.3 is 14.5 Å². The Labute approximate surface area is 201 Å². The molecule has 0 aliphatic rings. The number of pyridine rings is 1. The van der Waals surface area contributed by atoms with Gasteiger partial charge in [-0.25, -0.2) is 0 Å². The summed E-state index contributed by atoms with van der Waals surface area (Å²) in [7, 11) is 1.60. The third-order valence-corrected chi connectivity index (χ3v) is 5.95. The van der Waals surface area contributed by atoms with Crippen LogP contribution < -0.4 is 10.1 Å². The molecule has 0 bridgehead atoms. The number of nitrogens with one attached hydrogen (secondary N) is 1. The summed E-state index contributed by atoms with van der Waals surface area (Å²) in [5.41, 5.74) is 5.79. The summed E-state index contributed by atoms with van der Waals surface area (Å²) in [6.45, 7) is 1.88. The van der Waals surface area contributed by atoms with E-state index in [1.165, 1.54) is 0 Å². The number of rotatable bonds is 5. The van der Waals surface area contributed by atoms with Gasteiger partial charge in [0.1, 0.15) is 11.3 Å². The van der Waals surface area contributed by atoms with E-state index in [1.807, 2.05) is 73.7 Å². The van der Waals surface area contributed by atoms with E-state index in [4.69, 9.17) is 20.8 Å². The Morgan fingerprint density at radius 3 is 2.71 bits per heavy atom. The number of benzene rings is 3. The second kappa shape index (κ2) is 9.04. The molecule has 34 heavy (non-hydrogen) atoms. The standard InChI is InChI=1S/C28H21ClN2O3/c1-17(12-28(32)31-21-9-10-25-19(13-21)4-3-11-30-25)22-14-23-24(18-5-7-20(29)8-6-18)16-34-27(23)15-26(22)33-2/h3-16H,1-2H3,(H,31,32)/b17-12+. The average Bonchev–Trinajstić information content (AvgIpc) is 3.26. The maximum absolute atomic E-state index is 12.8. The van der Waals surface area contributed by atoms with Crippen LogP contribution in [-0.2, 0) is 4.79 Å². The quantitative estimate of drug-likeness (QED) is 0.274. The number of allylic oxidation sites excluding steroid dienone is 1. The number of amides is 1. The van der Waals surface area contributed by atoms with Crippen molar-refractivity contribution in [1.82, 2.24) is 4.98 Å². The van der Waals surface area contributed by atoms with Crippen LogP contribution in [0.4, 0.5) is 5.69 Å². The number of anilines is 1. The normalized spacial score (nSPS) is 11.7. The number of nitrogens with zero attached hydrogens (tertiary/aromatic N) is 1. The van der Waals surface area contributed by atoms with Crippen molar-refractivity contribution in [2.45, 2.75) is 6.92 Å². The van der Waals surface area contributed by atoms with E-state index in [9.17, 15) is 4.79 Å². The van der Waals surface area contributed by atoms with Gasteiger partial charge in [-0.1, -0.05) is 29.8 Å². The molecule has 3 aromatic carbocycles. The lowest BCUT2D eigenvalue weighted by Gasteiger charge is -2.10. The van der Waals surface area contributed by atoms with Crippen molar-refractivity contribution in [3.8, 4) is 16.9 Å². The lowest BCUT2D eigenvalue weighted by Crippen LogP contribution is -2.08. The van der Waals surface area contributed by atoms with Crippen LogP contribution in [-0.4, -0.2) is 18.0 Å². The molecule has 0 fully saturated rings. The molecule has 0 radical (unpaired) electrons. The first-order valence-corrected chi connectivity index (χ1v) is 11.1. The van der Waals surface area contributed by atoms with Crippen LogP contribution in [0.1, 0.15) is 12.5 Å². The summed E-state index contributed by atoms with van der Waals surface area (Å²) in [5.74, 6) is 0.399. The number of methoxy groups -OCH3 is 1. The molecular formula is C28H21ClN2O3. The fourth-order valence-electron chi connectivity index (χ4n) is 3.99. The molecule has 0 aliphatic heterocycles. The first kappa shape index (κ1) is 21.7. The molecule has 0 unspecified atom stereocenters. The maximum Gasteiger partial charge on any atom is 0.248 e. The Bertz CT molecular complexity index is 1550. The van der Waals surface area contributed by atoms with Crippen LogP contribution in [0.3, 0.4) is 0 Å². The number of carbonyl (C=O) groups is 1. The molecule has 5 rings (SSSR count). The van der Waals surface area contributed by atoms with Gasteiger partial charge in [-0.05, 0) is 60.5 Å². The predicted octanol–water partition coefficient (Wildman–Crippen LogP) is 7.35. The van der Waals surface area contributed by atoms with Crippen LogP contribution >= 0.6 is 11.6 Å². The van der Waals surface area contributed by atoms with E-state index in [-0.39, 0.29) is 5.91 Å². The van der Waals surface area contributed by atoms with E-state index < -0.39 is 0 Å². The summed E-state index contributed by atoms with van der Waals surface area (Å²) in [6, 6.07) is 20.9. The van der Waals surface area contributed by atoms with E-state index in [0.717, 1.165) is 38.6 Å². The Hall–Kier alpha value is -4.09. The van der Waals surface area contributed by atoms with Gasteiger partial charge in [0.25, 0.3) is 0 Å². The highest BCUT2D eigenvalue weighted by Gasteiger charge is 2.15. The van der Waals surface area contributed by atoms with Crippen molar-refractivity contribution in [2.75, 3.05) is 12.4 Å². The third kappa shape index (κ3) is 4.26. The Kier molecular flexibility index (Phi) is 5.78. The Balaban J connectivity index is 1.48. The van der Waals surface area contributed by atoms with Gasteiger partial charge in [0.2, 0.25) is 5.91 Å². The fourth-order valence-corrected chi connectivity index (χ4v) is 4.12. The van der Waals surface area contributed by atoms with Crippen molar-refractivity contribution >= 4 is 50.6 Å². The van der Waals surface area contributed by atoms with E-state index in [1.54, 1.807) is 25.6 Å². The number of fused-ring (bicyclic) bond motifs is 2. The number of aromatic nitrogens is 1. The molecule has 0 saturated heterocycles. The fraction of sp³-hybridized carbons (Fsp3) is 0.0714. The maximum atomic E-state index is 12.8. The Morgan fingerprint density at radius 2 is 1.91 bits per heavy atom. The van der Waals surface area contributed by atoms with Gasteiger partial charge in [-0.3, -0.25) is 9.78 Å². The second-order valence-electron chi connectivity index (χ2n) is 7.93. The van der Waals surface area contributed by atoms with Gasteiger partial charge in [0.15, 0.2) is 0 Å². The van der Waals surface area contributed by atoms with E-state index >= 15 is 0 Å².